The molecule has 1 aromatic rings. The van der Waals surface area contributed by atoms with Gasteiger partial charge in [0.1, 0.15) is 0 Å². The second-order valence-corrected chi connectivity index (χ2v) is 4.79. The largest absolute Gasteiger partial charge is 0.392 e. The average Bonchev–Trinajstić information content (AvgIpc) is 2.91. The van der Waals surface area contributed by atoms with Gasteiger partial charge in [-0.05, 0) is 30.4 Å². The van der Waals surface area contributed by atoms with E-state index in [9.17, 15) is 0 Å². The zero-order valence-electron chi connectivity index (χ0n) is 8.82. The van der Waals surface area contributed by atoms with Crippen molar-refractivity contribution >= 4 is 0 Å². The molecule has 15 heavy (non-hydrogen) atoms. The summed E-state index contributed by atoms with van der Waals surface area (Å²) in [5.74, 6) is 0.676. The molecule has 2 heteroatoms. The standard InChI is InChI=1S/C13H17NO/c15-8-9-2-1-3-10(6-9)12-7-11-4-5-13(12)14-11/h1-3,6,11-15H,4-5,7-8H2/t11-,12+,13+/m0/s1. The topological polar surface area (TPSA) is 32.3 Å². The van der Waals surface area contributed by atoms with Gasteiger partial charge < -0.3 is 10.4 Å². The van der Waals surface area contributed by atoms with E-state index in [-0.39, 0.29) is 6.61 Å². The molecule has 2 nitrogen and oxygen atoms in total. The molecule has 1 aromatic carbocycles. The highest BCUT2D eigenvalue weighted by atomic mass is 16.3. The van der Waals surface area contributed by atoms with Crippen molar-refractivity contribution in [2.75, 3.05) is 0 Å². The zero-order valence-corrected chi connectivity index (χ0v) is 8.82. The Kier molecular flexibility index (Phi) is 2.26. The monoisotopic (exact) mass is 203 g/mol. The number of benzene rings is 1. The van der Waals surface area contributed by atoms with Crippen LogP contribution in [0.4, 0.5) is 0 Å². The molecule has 2 N–H and O–H groups in total. The van der Waals surface area contributed by atoms with E-state index in [1.54, 1.807) is 0 Å². The van der Waals surface area contributed by atoms with Crippen LogP contribution in [0.5, 0.6) is 0 Å². The average molecular weight is 203 g/mol. The van der Waals surface area contributed by atoms with Crippen molar-refractivity contribution in [3.8, 4) is 0 Å². The number of rotatable bonds is 2. The van der Waals surface area contributed by atoms with Gasteiger partial charge in [-0.15, -0.1) is 0 Å². The molecule has 2 heterocycles. The van der Waals surface area contributed by atoms with Crippen LogP contribution in [0, 0.1) is 0 Å². The molecule has 2 bridgehead atoms. The summed E-state index contributed by atoms with van der Waals surface area (Å²) in [5.41, 5.74) is 2.44. The van der Waals surface area contributed by atoms with E-state index in [2.05, 4.69) is 23.5 Å². The smallest absolute Gasteiger partial charge is 0.0681 e. The van der Waals surface area contributed by atoms with Gasteiger partial charge in [0, 0.05) is 18.0 Å². The molecule has 3 rings (SSSR count). The van der Waals surface area contributed by atoms with E-state index >= 15 is 0 Å². The fourth-order valence-corrected chi connectivity index (χ4v) is 3.11. The van der Waals surface area contributed by atoms with Crippen LogP contribution in [0.15, 0.2) is 24.3 Å². The van der Waals surface area contributed by atoms with E-state index in [1.165, 1.54) is 24.8 Å². The lowest BCUT2D eigenvalue weighted by Crippen LogP contribution is -2.21. The highest BCUT2D eigenvalue weighted by molar-refractivity contribution is 5.29. The Morgan fingerprint density at radius 3 is 2.93 bits per heavy atom. The van der Waals surface area contributed by atoms with Gasteiger partial charge in [0.15, 0.2) is 0 Å². The van der Waals surface area contributed by atoms with E-state index in [1.807, 2.05) is 6.07 Å². The highest BCUT2D eigenvalue weighted by Gasteiger charge is 2.39. The van der Waals surface area contributed by atoms with Crippen LogP contribution in [-0.2, 0) is 6.61 Å². The summed E-state index contributed by atoms with van der Waals surface area (Å²) in [6.45, 7) is 0.155. The fraction of sp³-hybridized carbons (Fsp3) is 0.538. The van der Waals surface area contributed by atoms with Crippen LogP contribution in [-0.4, -0.2) is 17.2 Å². The lowest BCUT2D eigenvalue weighted by Gasteiger charge is -2.20. The van der Waals surface area contributed by atoms with Crippen molar-refractivity contribution in [3.63, 3.8) is 0 Å². The maximum Gasteiger partial charge on any atom is 0.0681 e. The Labute approximate surface area is 90.3 Å². The molecule has 0 spiro atoms. The lowest BCUT2D eigenvalue weighted by molar-refractivity contribution is 0.281. The van der Waals surface area contributed by atoms with Crippen LogP contribution >= 0.6 is 0 Å². The van der Waals surface area contributed by atoms with Gasteiger partial charge in [0.2, 0.25) is 0 Å². The number of nitrogens with one attached hydrogen (secondary N) is 1. The third-order valence-electron chi connectivity index (χ3n) is 3.86. The Bertz CT molecular complexity index is 363. The van der Waals surface area contributed by atoms with Crippen molar-refractivity contribution in [2.24, 2.45) is 0 Å². The maximum atomic E-state index is 9.12. The van der Waals surface area contributed by atoms with Gasteiger partial charge in [-0.2, -0.15) is 0 Å². The maximum absolute atomic E-state index is 9.12. The number of aliphatic hydroxyl groups is 1. The molecule has 0 amide bonds. The van der Waals surface area contributed by atoms with Crippen LogP contribution in [0.3, 0.4) is 0 Å². The van der Waals surface area contributed by atoms with E-state index in [0.29, 0.717) is 12.0 Å². The number of aliphatic hydroxyl groups excluding tert-OH is 1. The first-order valence-electron chi connectivity index (χ1n) is 5.82. The molecule has 2 aliphatic rings. The first kappa shape index (κ1) is 9.37. The summed E-state index contributed by atoms with van der Waals surface area (Å²) < 4.78 is 0. The van der Waals surface area contributed by atoms with Crippen LogP contribution in [0.25, 0.3) is 0 Å². The van der Waals surface area contributed by atoms with Gasteiger partial charge in [0.25, 0.3) is 0 Å². The third kappa shape index (κ3) is 1.58. The minimum atomic E-state index is 0.155. The Hall–Kier alpha value is -0.860. The second-order valence-electron chi connectivity index (χ2n) is 4.79. The first-order valence-corrected chi connectivity index (χ1v) is 5.82. The van der Waals surface area contributed by atoms with E-state index in [0.717, 1.165) is 11.6 Å². The predicted molar refractivity (Wildman–Crippen MR) is 59.7 cm³/mol. The normalized spacial score (nSPS) is 33.5. The molecular weight excluding hydrogens is 186 g/mol. The minimum absolute atomic E-state index is 0.155. The number of fused-ring (bicyclic) bond motifs is 2. The molecule has 0 saturated carbocycles. The molecule has 3 atom stereocenters. The zero-order chi connectivity index (χ0) is 10.3. The Morgan fingerprint density at radius 2 is 2.27 bits per heavy atom. The summed E-state index contributed by atoms with van der Waals surface area (Å²) in [7, 11) is 0. The highest BCUT2D eigenvalue weighted by Crippen LogP contribution is 2.39. The number of hydrogen-bond acceptors (Lipinski definition) is 2. The molecule has 80 valence electrons. The summed E-state index contributed by atoms with van der Waals surface area (Å²) in [5, 5.41) is 12.8. The van der Waals surface area contributed by atoms with E-state index < -0.39 is 0 Å². The van der Waals surface area contributed by atoms with Gasteiger partial charge in [-0.1, -0.05) is 24.3 Å². The van der Waals surface area contributed by atoms with Crippen molar-refractivity contribution in [1.82, 2.24) is 5.32 Å². The number of hydrogen-bond donors (Lipinski definition) is 2. The predicted octanol–water partition coefficient (Wildman–Crippen LogP) is 1.79. The van der Waals surface area contributed by atoms with Gasteiger partial charge in [-0.3, -0.25) is 0 Å². The molecule has 2 fully saturated rings. The minimum Gasteiger partial charge on any atom is -0.392 e. The van der Waals surface area contributed by atoms with Gasteiger partial charge in [-0.25, -0.2) is 0 Å². The van der Waals surface area contributed by atoms with Crippen LogP contribution in [0.1, 0.15) is 36.3 Å². The molecule has 0 aromatic heterocycles. The molecule has 0 unspecified atom stereocenters. The van der Waals surface area contributed by atoms with Crippen LogP contribution in [0.2, 0.25) is 0 Å². The molecular formula is C13H17NO. The fourth-order valence-electron chi connectivity index (χ4n) is 3.11. The van der Waals surface area contributed by atoms with Gasteiger partial charge >= 0.3 is 0 Å². The lowest BCUT2D eigenvalue weighted by atomic mass is 9.83. The molecule has 2 aliphatic heterocycles. The molecule has 0 aliphatic carbocycles. The van der Waals surface area contributed by atoms with Crippen LogP contribution < -0.4 is 5.32 Å². The molecule has 2 saturated heterocycles. The quantitative estimate of drug-likeness (QED) is 0.768. The van der Waals surface area contributed by atoms with Gasteiger partial charge in [0.05, 0.1) is 6.61 Å². The van der Waals surface area contributed by atoms with Crippen molar-refractivity contribution in [1.29, 1.82) is 0 Å². The van der Waals surface area contributed by atoms with E-state index in [4.69, 9.17) is 5.11 Å². The van der Waals surface area contributed by atoms with Crippen molar-refractivity contribution in [2.45, 2.75) is 43.9 Å². The molecule has 0 radical (unpaired) electrons. The van der Waals surface area contributed by atoms with Crippen molar-refractivity contribution < 1.29 is 5.11 Å². The summed E-state index contributed by atoms with van der Waals surface area (Å²) in [6, 6.07) is 9.85. The summed E-state index contributed by atoms with van der Waals surface area (Å²) in [4.78, 5) is 0. The summed E-state index contributed by atoms with van der Waals surface area (Å²) in [6.07, 6.45) is 3.94. The second kappa shape index (κ2) is 3.62. The Balaban J connectivity index is 1.86. The third-order valence-corrected chi connectivity index (χ3v) is 3.86. The van der Waals surface area contributed by atoms with Crippen molar-refractivity contribution in [3.05, 3.63) is 35.4 Å². The first-order chi connectivity index (χ1) is 7.36. The Morgan fingerprint density at radius 1 is 1.33 bits per heavy atom. The summed E-state index contributed by atoms with van der Waals surface area (Å²) >= 11 is 0. The SMILES string of the molecule is OCc1cccc([C@H]2C[C@@H]3CC[C@H]2N3)c1.